The van der Waals surface area contributed by atoms with Gasteiger partial charge in [0.2, 0.25) is 11.7 Å². The Morgan fingerprint density at radius 2 is 2.05 bits per heavy atom. The van der Waals surface area contributed by atoms with Crippen LogP contribution >= 0.6 is 11.6 Å². The van der Waals surface area contributed by atoms with Crippen molar-refractivity contribution in [3.63, 3.8) is 0 Å². The molecule has 1 aromatic carbocycles. The fraction of sp³-hybridized carbons (Fsp3) is 0.385. The third-order valence-electron chi connectivity index (χ3n) is 2.87. The van der Waals surface area contributed by atoms with Crippen LogP contribution in [0.4, 0.5) is 0 Å². The Balaban J connectivity index is 1.77. The average molecular weight is 281 g/mol. The van der Waals surface area contributed by atoms with Crippen molar-refractivity contribution < 1.29 is 14.0 Å². The van der Waals surface area contributed by atoms with Crippen LogP contribution in [0.1, 0.15) is 28.8 Å². The monoisotopic (exact) mass is 280 g/mol. The molecule has 2 aromatic rings. The van der Waals surface area contributed by atoms with Crippen molar-refractivity contribution in [2.24, 2.45) is 0 Å². The quantitative estimate of drug-likeness (QED) is 0.809. The molecule has 1 saturated heterocycles. The molecule has 1 aromatic heterocycles. The number of rotatable bonds is 3. The van der Waals surface area contributed by atoms with Crippen LogP contribution in [0, 0.1) is 0 Å². The molecule has 0 aliphatic carbocycles. The predicted molar refractivity (Wildman–Crippen MR) is 67.9 cm³/mol. The van der Waals surface area contributed by atoms with Gasteiger partial charge in [0.15, 0.2) is 0 Å². The maximum absolute atomic E-state index is 6.32. The average Bonchev–Trinajstić information content (AvgIpc) is 2.98. The van der Waals surface area contributed by atoms with Gasteiger partial charge in [-0.25, -0.2) is 0 Å². The molecule has 0 saturated carbocycles. The van der Waals surface area contributed by atoms with Crippen molar-refractivity contribution in [1.29, 1.82) is 0 Å². The van der Waals surface area contributed by atoms with E-state index in [0.29, 0.717) is 31.5 Å². The highest BCUT2D eigenvalue weighted by molar-refractivity contribution is 6.22. The normalized spacial score (nSPS) is 21.2. The molecule has 1 aliphatic rings. The molecule has 2 heterocycles. The molecule has 2 atom stereocenters. The summed E-state index contributed by atoms with van der Waals surface area (Å²) in [5.41, 5.74) is 0.917. The molecular formula is C13H13ClN2O3. The highest BCUT2D eigenvalue weighted by Crippen LogP contribution is 2.28. The molecule has 1 fully saturated rings. The molecule has 1 aliphatic heterocycles. The SMILES string of the molecule is ClC(c1ccccc1)c1nc(C2COCCO2)no1. The maximum Gasteiger partial charge on any atom is 0.249 e. The van der Waals surface area contributed by atoms with E-state index in [1.807, 2.05) is 30.3 Å². The highest BCUT2D eigenvalue weighted by Gasteiger charge is 2.25. The summed E-state index contributed by atoms with van der Waals surface area (Å²) in [6, 6.07) is 9.60. The number of alkyl halides is 1. The number of benzene rings is 1. The molecule has 2 unspecified atom stereocenters. The van der Waals surface area contributed by atoms with Crippen LogP contribution in [0.2, 0.25) is 0 Å². The minimum absolute atomic E-state index is 0.272. The van der Waals surface area contributed by atoms with Crippen LogP contribution in [0.3, 0.4) is 0 Å². The van der Waals surface area contributed by atoms with Gasteiger partial charge in [0, 0.05) is 0 Å². The Morgan fingerprint density at radius 3 is 2.79 bits per heavy atom. The zero-order valence-corrected chi connectivity index (χ0v) is 10.9. The van der Waals surface area contributed by atoms with Crippen molar-refractivity contribution >= 4 is 11.6 Å². The number of halogens is 1. The fourth-order valence-electron chi connectivity index (χ4n) is 1.88. The molecule has 0 N–H and O–H groups in total. The molecule has 0 amide bonds. The summed E-state index contributed by atoms with van der Waals surface area (Å²) in [7, 11) is 0. The van der Waals surface area contributed by atoms with Gasteiger partial charge in [0.1, 0.15) is 11.5 Å². The number of ether oxygens (including phenoxy) is 2. The van der Waals surface area contributed by atoms with E-state index >= 15 is 0 Å². The van der Waals surface area contributed by atoms with E-state index in [1.165, 1.54) is 0 Å². The van der Waals surface area contributed by atoms with Gasteiger partial charge in [-0.15, -0.1) is 11.6 Å². The Labute approximate surface area is 115 Å². The summed E-state index contributed by atoms with van der Waals surface area (Å²) in [5, 5.41) is 3.46. The van der Waals surface area contributed by atoms with Gasteiger partial charge in [-0.3, -0.25) is 0 Å². The number of hydrogen-bond donors (Lipinski definition) is 0. The maximum atomic E-state index is 6.32. The van der Waals surface area contributed by atoms with E-state index in [0.717, 1.165) is 5.56 Å². The molecule has 5 nitrogen and oxygen atoms in total. The molecule has 6 heteroatoms. The van der Waals surface area contributed by atoms with Crippen LogP contribution in [0.25, 0.3) is 0 Å². The fourth-order valence-corrected chi connectivity index (χ4v) is 2.12. The summed E-state index contributed by atoms with van der Waals surface area (Å²) >= 11 is 6.32. The van der Waals surface area contributed by atoms with Crippen LogP contribution < -0.4 is 0 Å². The third kappa shape index (κ3) is 2.78. The minimum atomic E-state index is -0.452. The van der Waals surface area contributed by atoms with Crippen molar-refractivity contribution in [3.8, 4) is 0 Å². The van der Waals surface area contributed by atoms with Crippen LogP contribution in [0.15, 0.2) is 34.9 Å². The van der Waals surface area contributed by atoms with Crippen LogP contribution in [0.5, 0.6) is 0 Å². The smallest absolute Gasteiger partial charge is 0.249 e. The predicted octanol–water partition coefficient (Wildman–Crippen LogP) is 2.49. The summed E-state index contributed by atoms with van der Waals surface area (Å²) in [6.07, 6.45) is -0.272. The summed E-state index contributed by atoms with van der Waals surface area (Å²) in [4.78, 5) is 4.30. The van der Waals surface area contributed by atoms with E-state index in [4.69, 9.17) is 25.6 Å². The van der Waals surface area contributed by atoms with Crippen molar-refractivity contribution in [3.05, 3.63) is 47.6 Å². The number of aromatic nitrogens is 2. The molecule has 19 heavy (non-hydrogen) atoms. The third-order valence-corrected chi connectivity index (χ3v) is 3.31. The van der Waals surface area contributed by atoms with Gasteiger partial charge in [0.05, 0.1) is 19.8 Å². The van der Waals surface area contributed by atoms with Gasteiger partial charge in [0.25, 0.3) is 0 Å². The molecule has 0 radical (unpaired) electrons. The van der Waals surface area contributed by atoms with E-state index < -0.39 is 5.38 Å². The molecule has 0 bridgehead atoms. The van der Waals surface area contributed by atoms with E-state index in [-0.39, 0.29) is 6.10 Å². The standard InChI is InChI=1S/C13H13ClN2O3/c14-11(9-4-2-1-3-5-9)13-15-12(16-19-13)10-8-17-6-7-18-10/h1-5,10-11H,6-8H2. The summed E-state index contributed by atoms with van der Waals surface area (Å²) in [6.45, 7) is 1.58. The van der Waals surface area contributed by atoms with Crippen LogP contribution in [-0.2, 0) is 9.47 Å². The Morgan fingerprint density at radius 1 is 1.21 bits per heavy atom. The zero-order chi connectivity index (χ0) is 13.1. The Hall–Kier alpha value is -1.43. The van der Waals surface area contributed by atoms with Crippen molar-refractivity contribution in [2.45, 2.75) is 11.5 Å². The second kappa shape index (κ2) is 5.69. The Kier molecular flexibility index (Phi) is 3.77. The van der Waals surface area contributed by atoms with E-state index in [9.17, 15) is 0 Å². The second-order valence-electron chi connectivity index (χ2n) is 4.20. The van der Waals surface area contributed by atoms with Gasteiger partial charge < -0.3 is 14.0 Å². The molecular weight excluding hydrogens is 268 g/mol. The van der Waals surface area contributed by atoms with Gasteiger partial charge in [-0.1, -0.05) is 35.5 Å². The lowest BCUT2D eigenvalue weighted by Gasteiger charge is -2.19. The molecule has 0 spiro atoms. The van der Waals surface area contributed by atoms with Crippen molar-refractivity contribution in [1.82, 2.24) is 10.1 Å². The lowest BCUT2D eigenvalue weighted by molar-refractivity contribution is -0.0941. The van der Waals surface area contributed by atoms with Gasteiger partial charge in [-0.2, -0.15) is 4.98 Å². The largest absolute Gasteiger partial charge is 0.376 e. The summed E-state index contributed by atoms with van der Waals surface area (Å²) < 4.78 is 16.0. The first-order chi connectivity index (χ1) is 9.34. The Bertz CT molecular complexity index is 526. The highest BCUT2D eigenvalue weighted by atomic mass is 35.5. The van der Waals surface area contributed by atoms with Gasteiger partial charge >= 0.3 is 0 Å². The first kappa shape index (κ1) is 12.6. The second-order valence-corrected chi connectivity index (χ2v) is 4.63. The lowest BCUT2D eigenvalue weighted by Crippen LogP contribution is -2.22. The summed E-state index contributed by atoms with van der Waals surface area (Å²) in [5.74, 6) is 0.855. The number of nitrogens with zero attached hydrogens (tertiary/aromatic N) is 2. The lowest BCUT2D eigenvalue weighted by atomic mass is 10.1. The minimum Gasteiger partial charge on any atom is -0.376 e. The van der Waals surface area contributed by atoms with E-state index in [2.05, 4.69) is 10.1 Å². The van der Waals surface area contributed by atoms with Crippen molar-refractivity contribution in [2.75, 3.05) is 19.8 Å². The molecule has 3 rings (SSSR count). The van der Waals surface area contributed by atoms with Crippen LogP contribution in [-0.4, -0.2) is 30.0 Å². The first-order valence-corrected chi connectivity index (χ1v) is 6.50. The zero-order valence-electron chi connectivity index (χ0n) is 10.2. The van der Waals surface area contributed by atoms with Gasteiger partial charge in [-0.05, 0) is 5.56 Å². The topological polar surface area (TPSA) is 57.4 Å². The molecule has 100 valence electrons. The van der Waals surface area contributed by atoms with E-state index in [1.54, 1.807) is 0 Å². The number of hydrogen-bond acceptors (Lipinski definition) is 5. The first-order valence-electron chi connectivity index (χ1n) is 6.06.